The summed E-state index contributed by atoms with van der Waals surface area (Å²) in [5.41, 5.74) is -0.965. The first-order chi connectivity index (χ1) is 11.4. The Hall–Kier alpha value is -2.12. The van der Waals surface area contributed by atoms with E-state index in [2.05, 4.69) is 5.10 Å². The van der Waals surface area contributed by atoms with Gasteiger partial charge < -0.3 is 4.90 Å². The van der Waals surface area contributed by atoms with Gasteiger partial charge in [-0.25, -0.2) is 0 Å². The molecule has 25 heavy (non-hydrogen) atoms. The zero-order chi connectivity index (χ0) is 18.6. The molecule has 1 aliphatic carbocycles. The molecule has 0 atom stereocenters. The van der Waals surface area contributed by atoms with Crippen molar-refractivity contribution in [3.63, 3.8) is 0 Å². The lowest BCUT2D eigenvalue weighted by molar-refractivity contribution is -0.146. The van der Waals surface area contributed by atoms with Gasteiger partial charge in [0.25, 0.3) is 0 Å². The molecule has 1 fully saturated rings. The molecule has 0 saturated carbocycles. The average Bonchev–Trinajstić information content (AvgIpc) is 2.90. The minimum Gasteiger partial charge on any atom is -0.339 e. The quantitative estimate of drug-likeness (QED) is 0.820. The number of carbonyl (C=O) groups is 2. The van der Waals surface area contributed by atoms with Gasteiger partial charge in [-0.1, -0.05) is 19.9 Å². The number of allylic oxidation sites excluding steroid dienone is 1. The molecule has 1 aliphatic heterocycles. The molecule has 1 spiro atoms. The minimum absolute atomic E-state index is 0.124. The Morgan fingerprint density at radius 2 is 1.96 bits per heavy atom. The summed E-state index contributed by atoms with van der Waals surface area (Å²) in [6.07, 6.45) is -0.750. The van der Waals surface area contributed by atoms with Crippen LogP contribution in [0.15, 0.2) is 23.9 Å². The fourth-order valence-electron chi connectivity index (χ4n) is 4.00. The van der Waals surface area contributed by atoms with Crippen molar-refractivity contribution in [3.8, 4) is 0 Å². The molecule has 3 rings (SSSR count). The van der Waals surface area contributed by atoms with Crippen molar-refractivity contribution in [2.75, 3.05) is 13.1 Å². The van der Waals surface area contributed by atoms with Crippen molar-refractivity contribution < 1.29 is 22.8 Å². The van der Waals surface area contributed by atoms with Crippen LogP contribution in [-0.4, -0.2) is 39.5 Å². The molecule has 1 amide bonds. The number of ketones is 1. The van der Waals surface area contributed by atoms with Crippen LogP contribution in [0.1, 0.15) is 32.9 Å². The Balaban J connectivity index is 1.64. The van der Waals surface area contributed by atoms with Crippen molar-refractivity contribution in [2.24, 2.45) is 10.8 Å². The number of aromatic nitrogens is 2. The van der Waals surface area contributed by atoms with Crippen LogP contribution in [0.2, 0.25) is 0 Å². The molecule has 0 N–H and O–H groups in total. The molecule has 0 unspecified atom stereocenters. The van der Waals surface area contributed by atoms with Gasteiger partial charge >= 0.3 is 6.18 Å². The van der Waals surface area contributed by atoms with E-state index in [1.165, 1.54) is 0 Å². The number of amides is 1. The smallest absolute Gasteiger partial charge is 0.339 e. The fraction of sp³-hybridized carbons (Fsp3) is 0.588. The molecular weight excluding hydrogens is 335 g/mol. The van der Waals surface area contributed by atoms with Crippen LogP contribution in [0.3, 0.4) is 0 Å². The molecule has 0 aromatic carbocycles. The van der Waals surface area contributed by atoms with Crippen LogP contribution in [0.5, 0.6) is 0 Å². The van der Waals surface area contributed by atoms with Crippen molar-refractivity contribution in [3.05, 3.63) is 29.6 Å². The van der Waals surface area contributed by atoms with Gasteiger partial charge in [-0.2, -0.15) is 18.3 Å². The normalized spacial score (nSPS) is 21.9. The first-order valence-electron chi connectivity index (χ1n) is 8.05. The molecule has 136 valence electrons. The largest absolute Gasteiger partial charge is 0.435 e. The molecule has 1 aromatic rings. The second-order valence-electron chi connectivity index (χ2n) is 7.73. The van der Waals surface area contributed by atoms with E-state index < -0.39 is 17.3 Å². The average molecular weight is 355 g/mol. The van der Waals surface area contributed by atoms with E-state index in [-0.39, 0.29) is 23.7 Å². The Kier molecular flexibility index (Phi) is 3.85. The Bertz CT molecular complexity index is 755. The maximum absolute atomic E-state index is 12.5. The number of hydrogen-bond donors (Lipinski definition) is 0. The lowest BCUT2D eigenvalue weighted by Crippen LogP contribution is -2.61. The highest BCUT2D eigenvalue weighted by Gasteiger charge is 2.51. The summed E-state index contributed by atoms with van der Waals surface area (Å²) in [4.78, 5) is 26.0. The van der Waals surface area contributed by atoms with E-state index >= 15 is 0 Å². The Morgan fingerprint density at radius 3 is 2.48 bits per heavy atom. The zero-order valence-corrected chi connectivity index (χ0v) is 14.4. The SMILES string of the molecule is CC1=CC2(CN(C(=O)Cn3ccc(C(F)(F)F)n3)C2)CC(C)(C)C1=O. The summed E-state index contributed by atoms with van der Waals surface area (Å²) in [5, 5.41) is 3.40. The minimum atomic E-state index is -4.52. The third-order valence-corrected chi connectivity index (χ3v) is 4.88. The number of likely N-dealkylation sites (tertiary alicyclic amines) is 1. The third kappa shape index (κ3) is 3.21. The van der Waals surface area contributed by atoms with Crippen molar-refractivity contribution in [2.45, 2.75) is 39.9 Å². The second-order valence-corrected chi connectivity index (χ2v) is 7.73. The molecule has 8 heteroatoms. The summed E-state index contributed by atoms with van der Waals surface area (Å²) in [6, 6.07) is 0.853. The maximum Gasteiger partial charge on any atom is 0.435 e. The monoisotopic (exact) mass is 355 g/mol. The zero-order valence-electron chi connectivity index (χ0n) is 14.4. The van der Waals surface area contributed by atoms with Gasteiger partial charge in [-0.15, -0.1) is 0 Å². The molecular formula is C17H20F3N3O2. The number of hydrogen-bond acceptors (Lipinski definition) is 3. The topological polar surface area (TPSA) is 55.2 Å². The second kappa shape index (κ2) is 5.44. The highest BCUT2D eigenvalue weighted by Crippen LogP contribution is 2.48. The molecule has 2 heterocycles. The molecule has 5 nitrogen and oxygen atoms in total. The lowest BCUT2D eigenvalue weighted by Gasteiger charge is -2.53. The Labute approximate surface area is 143 Å². The number of nitrogens with zero attached hydrogens (tertiary/aromatic N) is 3. The number of halogens is 3. The first kappa shape index (κ1) is 17.7. The summed E-state index contributed by atoms with van der Waals surface area (Å²) >= 11 is 0. The van der Waals surface area contributed by atoms with E-state index in [0.29, 0.717) is 25.1 Å². The van der Waals surface area contributed by atoms with Crippen molar-refractivity contribution in [1.82, 2.24) is 14.7 Å². The molecule has 1 aromatic heterocycles. The predicted molar refractivity (Wildman–Crippen MR) is 83.4 cm³/mol. The van der Waals surface area contributed by atoms with Crippen LogP contribution in [0.4, 0.5) is 13.2 Å². The van der Waals surface area contributed by atoms with Gasteiger partial charge in [-0.05, 0) is 25.0 Å². The number of alkyl halides is 3. The van der Waals surface area contributed by atoms with E-state index in [1.807, 2.05) is 19.9 Å². The van der Waals surface area contributed by atoms with Crippen LogP contribution in [0.25, 0.3) is 0 Å². The highest BCUT2D eigenvalue weighted by molar-refractivity contribution is 6.00. The predicted octanol–water partition coefficient (Wildman–Crippen LogP) is 2.68. The van der Waals surface area contributed by atoms with Gasteiger partial charge in [0, 0.05) is 30.1 Å². The van der Waals surface area contributed by atoms with Crippen LogP contribution >= 0.6 is 0 Å². The molecule has 0 bridgehead atoms. The van der Waals surface area contributed by atoms with Crippen molar-refractivity contribution >= 4 is 11.7 Å². The van der Waals surface area contributed by atoms with E-state index in [4.69, 9.17) is 0 Å². The summed E-state index contributed by atoms with van der Waals surface area (Å²) in [7, 11) is 0. The molecule has 1 saturated heterocycles. The third-order valence-electron chi connectivity index (χ3n) is 4.88. The number of rotatable bonds is 2. The van der Waals surface area contributed by atoms with Crippen molar-refractivity contribution in [1.29, 1.82) is 0 Å². The van der Waals surface area contributed by atoms with Gasteiger partial charge in [0.1, 0.15) is 6.54 Å². The summed E-state index contributed by atoms with van der Waals surface area (Å²) in [5.74, 6) is -0.151. The van der Waals surface area contributed by atoms with E-state index in [9.17, 15) is 22.8 Å². The van der Waals surface area contributed by atoms with E-state index in [1.54, 1.807) is 11.8 Å². The summed E-state index contributed by atoms with van der Waals surface area (Å²) < 4.78 is 38.7. The standard InChI is InChI=1S/C17H20F3N3O2/c1-11-6-16(8-15(2,3)14(11)25)9-22(10-16)13(24)7-23-5-4-12(21-23)17(18,19)20/h4-6H,7-10H2,1-3H3. The molecule has 0 radical (unpaired) electrons. The van der Waals surface area contributed by atoms with Gasteiger partial charge in [-0.3, -0.25) is 14.3 Å². The fourth-order valence-corrected chi connectivity index (χ4v) is 4.00. The van der Waals surface area contributed by atoms with Crippen LogP contribution in [0, 0.1) is 10.8 Å². The summed E-state index contributed by atoms with van der Waals surface area (Å²) in [6.45, 7) is 6.33. The van der Waals surface area contributed by atoms with Crippen LogP contribution < -0.4 is 0 Å². The maximum atomic E-state index is 12.5. The highest BCUT2D eigenvalue weighted by atomic mass is 19.4. The first-order valence-corrected chi connectivity index (χ1v) is 8.05. The molecule has 2 aliphatic rings. The van der Waals surface area contributed by atoms with E-state index in [0.717, 1.165) is 16.9 Å². The van der Waals surface area contributed by atoms with Crippen LogP contribution in [-0.2, 0) is 22.3 Å². The lowest BCUT2D eigenvalue weighted by atomic mass is 9.61. The van der Waals surface area contributed by atoms with Gasteiger partial charge in [0.2, 0.25) is 5.91 Å². The number of carbonyl (C=O) groups excluding carboxylic acids is 2. The Morgan fingerprint density at radius 1 is 1.32 bits per heavy atom. The van der Waals surface area contributed by atoms with Gasteiger partial charge in [0.05, 0.1) is 0 Å². The number of Topliss-reactive ketones (excluding diaryl/α,β-unsaturated/α-hetero) is 1. The van der Waals surface area contributed by atoms with Gasteiger partial charge in [0.15, 0.2) is 11.5 Å².